The van der Waals surface area contributed by atoms with Gasteiger partial charge < -0.3 is 10.1 Å². The number of amides is 1. The van der Waals surface area contributed by atoms with Crippen LogP contribution in [-0.4, -0.2) is 42.1 Å². The second-order valence-corrected chi connectivity index (χ2v) is 11.1. The van der Waals surface area contributed by atoms with E-state index >= 15 is 0 Å². The molecule has 4 nitrogen and oxygen atoms in total. The SMILES string of the molecule is CC[C@@H](NC(=O)[C@@]1(C2CC2)CCC(N2CCC(c3ccc(F)cc3)CC2)CO1)c1cccc(C(F)(F)F)c1. The zero-order chi connectivity index (χ0) is 26.9. The van der Waals surface area contributed by atoms with Gasteiger partial charge in [-0.3, -0.25) is 9.69 Å². The third-order valence-corrected chi connectivity index (χ3v) is 8.72. The van der Waals surface area contributed by atoms with Crippen LogP contribution in [-0.2, 0) is 15.7 Å². The minimum atomic E-state index is -4.43. The number of alkyl halides is 3. The summed E-state index contributed by atoms with van der Waals surface area (Å²) in [4.78, 5) is 16.1. The van der Waals surface area contributed by atoms with Gasteiger partial charge in [0.2, 0.25) is 0 Å². The number of benzene rings is 2. The standard InChI is InChI=1S/C30H36F4N2O2/c1-2-27(22-4-3-5-24(18-22)30(32,33)34)35-28(37)29(23-8-9-23)15-12-26(19-38-29)36-16-13-21(14-17-36)20-6-10-25(31)11-7-20/h3-7,10-11,18,21,23,26-27H,2,8-9,12-17,19H2,1H3,(H,35,37)/t26?,27-,29+/m1/s1. The summed E-state index contributed by atoms with van der Waals surface area (Å²) in [7, 11) is 0. The molecule has 0 radical (unpaired) electrons. The molecule has 1 amide bonds. The number of halogens is 4. The van der Waals surface area contributed by atoms with E-state index in [0.717, 1.165) is 57.3 Å². The molecule has 2 saturated heterocycles. The molecule has 2 heterocycles. The van der Waals surface area contributed by atoms with Crippen molar-refractivity contribution >= 4 is 5.91 Å². The van der Waals surface area contributed by atoms with Gasteiger partial charge >= 0.3 is 6.18 Å². The third-order valence-electron chi connectivity index (χ3n) is 8.72. The number of likely N-dealkylation sites (tertiary alicyclic amines) is 1. The monoisotopic (exact) mass is 532 g/mol. The Hall–Kier alpha value is -2.45. The maximum atomic E-state index is 13.6. The van der Waals surface area contributed by atoms with Crippen molar-refractivity contribution in [2.24, 2.45) is 5.92 Å². The molecule has 3 atom stereocenters. The molecule has 206 valence electrons. The number of ether oxygens (including phenoxy) is 1. The molecule has 0 aromatic heterocycles. The fourth-order valence-electron chi connectivity index (χ4n) is 6.27. The van der Waals surface area contributed by atoms with Gasteiger partial charge in [-0.05, 0) is 105 Å². The van der Waals surface area contributed by atoms with Crippen molar-refractivity contribution in [2.75, 3.05) is 19.7 Å². The van der Waals surface area contributed by atoms with Crippen LogP contribution in [0.5, 0.6) is 0 Å². The second kappa shape index (κ2) is 11.0. The maximum absolute atomic E-state index is 13.6. The number of piperidine rings is 1. The van der Waals surface area contributed by atoms with E-state index in [4.69, 9.17) is 4.74 Å². The van der Waals surface area contributed by atoms with E-state index in [1.807, 2.05) is 19.1 Å². The number of carbonyl (C=O) groups excluding carboxylic acids is 1. The van der Waals surface area contributed by atoms with Crippen LogP contribution in [0.2, 0.25) is 0 Å². The van der Waals surface area contributed by atoms with Gasteiger partial charge in [0.1, 0.15) is 11.4 Å². The molecule has 1 saturated carbocycles. The lowest BCUT2D eigenvalue weighted by atomic mass is 9.84. The van der Waals surface area contributed by atoms with Gasteiger partial charge in [-0.25, -0.2) is 4.39 Å². The van der Waals surface area contributed by atoms with E-state index in [9.17, 15) is 22.4 Å². The Morgan fingerprint density at radius 3 is 2.37 bits per heavy atom. The quantitative estimate of drug-likeness (QED) is 0.408. The van der Waals surface area contributed by atoms with Gasteiger partial charge in [-0.2, -0.15) is 13.2 Å². The van der Waals surface area contributed by atoms with E-state index in [1.54, 1.807) is 6.07 Å². The van der Waals surface area contributed by atoms with Crippen LogP contribution in [0.4, 0.5) is 17.6 Å². The minimum absolute atomic E-state index is 0.159. The predicted molar refractivity (Wildman–Crippen MR) is 137 cm³/mol. The first-order chi connectivity index (χ1) is 18.2. The lowest BCUT2D eigenvalue weighted by Gasteiger charge is -2.45. The van der Waals surface area contributed by atoms with Gasteiger partial charge in [0.15, 0.2) is 0 Å². The molecule has 38 heavy (non-hydrogen) atoms. The summed E-state index contributed by atoms with van der Waals surface area (Å²) in [6.07, 6.45) is 1.40. The zero-order valence-electron chi connectivity index (χ0n) is 21.8. The second-order valence-electron chi connectivity index (χ2n) is 11.1. The average Bonchev–Trinajstić information content (AvgIpc) is 3.78. The Morgan fingerprint density at radius 2 is 1.79 bits per heavy atom. The number of nitrogens with one attached hydrogen (secondary N) is 1. The highest BCUT2D eigenvalue weighted by atomic mass is 19.4. The van der Waals surface area contributed by atoms with Crippen LogP contribution in [0.3, 0.4) is 0 Å². The number of nitrogens with zero attached hydrogens (tertiary/aromatic N) is 1. The van der Waals surface area contributed by atoms with Crippen molar-refractivity contribution in [3.05, 3.63) is 71.0 Å². The van der Waals surface area contributed by atoms with Crippen LogP contribution in [0.1, 0.15) is 80.5 Å². The van der Waals surface area contributed by atoms with E-state index in [1.165, 1.54) is 23.8 Å². The number of rotatable bonds is 7. The Bertz CT molecular complexity index is 1100. The van der Waals surface area contributed by atoms with Crippen LogP contribution in [0.25, 0.3) is 0 Å². The first-order valence-electron chi connectivity index (χ1n) is 13.8. The molecule has 0 spiro atoms. The molecule has 1 aliphatic carbocycles. The molecule has 3 fully saturated rings. The molecule has 5 rings (SSSR count). The fraction of sp³-hybridized carbons (Fsp3) is 0.567. The summed E-state index contributed by atoms with van der Waals surface area (Å²) < 4.78 is 59.5. The van der Waals surface area contributed by atoms with E-state index in [2.05, 4.69) is 10.2 Å². The summed E-state index contributed by atoms with van der Waals surface area (Å²) in [5.74, 6) is 0.174. The van der Waals surface area contributed by atoms with Crippen molar-refractivity contribution in [3.8, 4) is 0 Å². The molecule has 2 aromatic rings. The summed E-state index contributed by atoms with van der Waals surface area (Å²) in [5.41, 5.74) is 0.0263. The fourth-order valence-corrected chi connectivity index (χ4v) is 6.27. The summed E-state index contributed by atoms with van der Waals surface area (Å²) >= 11 is 0. The molecular weight excluding hydrogens is 496 g/mol. The number of hydrogen-bond donors (Lipinski definition) is 1. The normalized spacial score (nSPS) is 26.2. The largest absolute Gasteiger partial charge is 0.416 e. The number of carbonyl (C=O) groups is 1. The molecule has 3 aliphatic rings. The Labute approximate surface area is 221 Å². The van der Waals surface area contributed by atoms with E-state index < -0.39 is 23.4 Å². The summed E-state index contributed by atoms with van der Waals surface area (Å²) in [6.45, 7) is 4.21. The van der Waals surface area contributed by atoms with E-state index in [-0.39, 0.29) is 23.7 Å². The highest BCUT2D eigenvalue weighted by molar-refractivity contribution is 5.86. The van der Waals surface area contributed by atoms with Crippen molar-refractivity contribution < 1.29 is 27.1 Å². The summed E-state index contributed by atoms with van der Waals surface area (Å²) in [5, 5.41) is 3.04. The van der Waals surface area contributed by atoms with Gasteiger partial charge in [-0.15, -0.1) is 0 Å². The highest BCUT2D eigenvalue weighted by Gasteiger charge is 2.54. The third kappa shape index (κ3) is 5.76. The van der Waals surface area contributed by atoms with Gasteiger partial charge in [0, 0.05) is 6.04 Å². The Kier molecular flexibility index (Phi) is 7.83. The summed E-state index contributed by atoms with van der Waals surface area (Å²) in [6, 6.07) is 11.8. The van der Waals surface area contributed by atoms with Gasteiger partial charge in [0.25, 0.3) is 5.91 Å². The number of hydrogen-bond acceptors (Lipinski definition) is 3. The van der Waals surface area contributed by atoms with Crippen molar-refractivity contribution in [3.63, 3.8) is 0 Å². The molecule has 1 unspecified atom stereocenters. The predicted octanol–water partition coefficient (Wildman–Crippen LogP) is 6.62. The van der Waals surface area contributed by atoms with E-state index in [0.29, 0.717) is 30.9 Å². The first-order valence-corrected chi connectivity index (χ1v) is 13.8. The molecule has 2 aromatic carbocycles. The molecular formula is C30H36F4N2O2. The Morgan fingerprint density at radius 1 is 1.08 bits per heavy atom. The smallest absolute Gasteiger partial charge is 0.363 e. The van der Waals surface area contributed by atoms with Crippen molar-refractivity contribution in [1.29, 1.82) is 0 Å². The molecule has 8 heteroatoms. The van der Waals surface area contributed by atoms with Crippen molar-refractivity contribution in [1.82, 2.24) is 10.2 Å². The highest BCUT2D eigenvalue weighted by Crippen LogP contribution is 2.48. The lowest BCUT2D eigenvalue weighted by Crippen LogP contribution is -2.57. The molecule has 2 aliphatic heterocycles. The zero-order valence-corrected chi connectivity index (χ0v) is 21.8. The first kappa shape index (κ1) is 27.1. The topological polar surface area (TPSA) is 41.6 Å². The van der Waals surface area contributed by atoms with Crippen molar-refractivity contribution in [2.45, 2.75) is 81.6 Å². The van der Waals surface area contributed by atoms with Gasteiger partial charge in [0.05, 0.1) is 18.2 Å². The van der Waals surface area contributed by atoms with Crippen LogP contribution >= 0.6 is 0 Å². The Balaban J connectivity index is 1.20. The molecule has 1 N–H and O–H groups in total. The molecule has 0 bridgehead atoms. The van der Waals surface area contributed by atoms with Crippen LogP contribution in [0.15, 0.2) is 48.5 Å². The van der Waals surface area contributed by atoms with Crippen LogP contribution < -0.4 is 5.32 Å². The minimum Gasteiger partial charge on any atom is -0.363 e. The average molecular weight is 533 g/mol. The van der Waals surface area contributed by atoms with Gasteiger partial charge in [-0.1, -0.05) is 31.2 Å². The lowest BCUT2D eigenvalue weighted by molar-refractivity contribution is -0.166. The van der Waals surface area contributed by atoms with Crippen LogP contribution in [0, 0.1) is 11.7 Å². The maximum Gasteiger partial charge on any atom is 0.416 e.